The van der Waals surface area contributed by atoms with Gasteiger partial charge in [-0.25, -0.2) is 0 Å². The van der Waals surface area contributed by atoms with Crippen LogP contribution in [0.15, 0.2) is 64.2 Å². The second-order valence-electron chi connectivity index (χ2n) is 9.71. The summed E-state index contributed by atoms with van der Waals surface area (Å²) in [7, 11) is 3.15. The number of aromatic nitrogens is 2. The lowest BCUT2D eigenvalue weighted by Crippen LogP contribution is -2.56. The van der Waals surface area contributed by atoms with Crippen LogP contribution < -0.4 is 19.5 Å². The average Bonchev–Trinajstić information content (AvgIpc) is 3.14. The summed E-state index contributed by atoms with van der Waals surface area (Å²) in [6.07, 6.45) is 3.26. The highest BCUT2D eigenvalue weighted by Crippen LogP contribution is 2.43. The van der Waals surface area contributed by atoms with E-state index in [1.807, 2.05) is 52.8 Å². The van der Waals surface area contributed by atoms with Crippen molar-refractivity contribution in [2.45, 2.75) is 46.7 Å². The van der Waals surface area contributed by atoms with Gasteiger partial charge in [0.2, 0.25) is 5.91 Å². The first-order chi connectivity index (χ1) is 17.1. The molecule has 9 nitrogen and oxygen atoms in total. The number of rotatable bonds is 7. The SMILES string of the molecule is COc1ccc2nccc(Oc3cnc(CC(=O)NC4(C(C)(C)C)N=NC(C)=C4C)c(OC)c3)c2c1. The zero-order valence-electron chi connectivity index (χ0n) is 21.7. The Bertz CT molecular complexity index is 1380. The minimum absolute atomic E-state index is 0.0124. The van der Waals surface area contributed by atoms with Crippen LogP contribution in [0.2, 0.25) is 0 Å². The minimum Gasteiger partial charge on any atom is -0.497 e. The maximum absolute atomic E-state index is 13.1. The Morgan fingerprint density at radius 3 is 2.42 bits per heavy atom. The predicted molar refractivity (Wildman–Crippen MR) is 136 cm³/mol. The molecule has 188 valence electrons. The third kappa shape index (κ3) is 4.60. The summed E-state index contributed by atoms with van der Waals surface area (Å²) in [5.41, 5.74) is 1.71. The van der Waals surface area contributed by atoms with E-state index in [0.717, 1.165) is 22.2 Å². The second kappa shape index (κ2) is 9.56. The fourth-order valence-corrected chi connectivity index (χ4v) is 4.24. The fraction of sp³-hybridized carbons (Fsp3) is 0.370. The lowest BCUT2D eigenvalue weighted by atomic mass is 9.76. The van der Waals surface area contributed by atoms with Crippen molar-refractivity contribution in [3.8, 4) is 23.0 Å². The molecular formula is C27H31N5O4. The highest BCUT2D eigenvalue weighted by molar-refractivity contribution is 5.86. The van der Waals surface area contributed by atoms with Crippen LogP contribution in [0.25, 0.3) is 10.9 Å². The Labute approximate surface area is 210 Å². The monoisotopic (exact) mass is 489 g/mol. The van der Waals surface area contributed by atoms with Crippen molar-refractivity contribution in [2.75, 3.05) is 14.2 Å². The first-order valence-electron chi connectivity index (χ1n) is 11.6. The summed E-state index contributed by atoms with van der Waals surface area (Å²) in [5.74, 6) is 1.98. The molecule has 3 aromatic rings. The van der Waals surface area contributed by atoms with Crippen molar-refractivity contribution in [1.29, 1.82) is 0 Å². The molecule has 0 fully saturated rings. The number of azo groups is 1. The van der Waals surface area contributed by atoms with Gasteiger partial charge in [0.15, 0.2) is 5.66 Å². The van der Waals surface area contributed by atoms with Crippen molar-refractivity contribution in [2.24, 2.45) is 15.6 Å². The number of allylic oxidation sites excluding steroid dienone is 1. The summed E-state index contributed by atoms with van der Waals surface area (Å²) < 4.78 is 17.0. The van der Waals surface area contributed by atoms with E-state index in [2.05, 4.69) is 25.5 Å². The van der Waals surface area contributed by atoms with Gasteiger partial charge in [0.1, 0.15) is 23.0 Å². The predicted octanol–water partition coefficient (Wildman–Crippen LogP) is 5.60. The summed E-state index contributed by atoms with van der Waals surface area (Å²) in [4.78, 5) is 22.0. The first-order valence-corrected chi connectivity index (χ1v) is 11.6. The quantitative estimate of drug-likeness (QED) is 0.463. The van der Waals surface area contributed by atoms with E-state index >= 15 is 0 Å². The third-order valence-electron chi connectivity index (χ3n) is 6.43. The van der Waals surface area contributed by atoms with Crippen molar-refractivity contribution in [3.05, 3.63) is 59.7 Å². The van der Waals surface area contributed by atoms with Crippen LogP contribution in [0.1, 0.15) is 40.3 Å². The number of carbonyl (C=O) groups excluding carboxylic acids is 1. The number of ether oxygens (including phenoxy) is 3. The number of amides is 1. The van der Waals surface area contributed by atoms with Gasteiger partial charge in [0.25, 0.3) is 0 Å². The number of fused-ring (bicyclic) bond motifs is 1. The molecule has 0 saturated carbocycles. The van der Waals surface area contributed by atoms with E-state index in [4.69, 9.17) is 14.2 Å². The van der Waals surface area contributed by atoms with Crippen LogP contribution in [-0.2, 0) is 11.2 Å². The number of methoxy groups -OCH3 is 2. The van der Waals surface area contributed by atoms with E-state index in [0.29, 0.717) is 28.7 Å². The van der Waals surface area contributed by atoms with Crippen LogP contribution in [0, 0.1) is 5.41 Å². The maximum atomic E-state index is 13.1. The highest BCUT2D eigenvalue weighted by Gasteiger charge is 2.48. The number of carbonyl (C=O) groups is 1. The van der Waals surface area contributed by atoms with E-state index in [-0.39, 0.29) is 17.7 Å². The van der Waals surface area contributed by atoms with Gasteiger partial charge in [-0.3, -0.25) is 14.8 Å². The van der Waals surface area contributed by atoms with Gasteiger partial charge < -0.3 is 19.5 Å². The Kier molecular flexibility index (Phi) is 6.67. The molecule has 1 aliphatic heterocycles. The topological polar surface area (TPSA) is 107 Å². The fourth-order valence-electron chi connectivity index (χ4n) is 4.24. The van der Waals surface area contributed by atoms with Crippen LogP contribution >= 0.6 is 0 Å². The lowest BCUT2D eigenvalue weighted by molar-refractivity contribution is -0.123. The molecule has 0 radical (unpaired) electrons. The zero-order valence-corrected chi connectivity index (χ0v) is 21.7. The number of hydrogen-bond donors (Lipinski definition) is 1. The van der Waals surface area contributed by atoms with E-state index < -0.39 is 5.66 Å². The van der Waals surface area contributed by atoms with Gasteiger partial charge in [0, 0.05) is 23.1 Å². The highest BCUT2D eigenvalue weighted by atomic mass is 16.5. The Hall–Kier alpha value is -4.01. The van der Waals surface area contributed by atoms with Crippen LogP contribution in [0.3, 0.4) is 0 Å². The molecule has 0 bridgehead atoms. The van der Waals surface area contributed by atoms with Gasteiger partial charge >= 0.3 is 0 Å². The second-order valence-corrected chi connectivity index (χ2v) is 9.71. The van der Waals surface area contributed by atoms with Gasteiger partial charge in [-0.15, -0.1) is 0 Å². The number of hydrogen-bond acceptors (Lipinski definition) is 8. The molecule has 1 aliphatic rings. The Balaban J connectivity index is 1.57. The van der Waals surface area contributed by atoms with Crippen molar-refractivity contribution >= 4 is 16.8 Å². The first kappa shape index (κ1) is 25.1. The zero-order chi connectivity index (χ0) is 26.1. The standard InChI is InChI=1S/C27H31N5O4/c1-16-17(2)31-32-27(16,26(3,4)5)30-25(33)14-22-24(35-7)13-19(15-29-22)36-23-10-11-28-21-9-8-18(34-6)12-20(21)23/h8-13,15H,14H2,1-7H3,(H,30,33). The molecular weight excluding hydrogens is 458 g/mol. The summed E-state index contributed by atoms with van der Waals surface area (Å²) in [6.45, 7) is 9.92. The third-order valence-corrected chi connectivity index (χ3v) is 6.43. The average molecular weight is 490 g/mol. The minimum atomic E-state index is -0.909. The lowest BCUT2D eigenvalue weighted by Gasteiger charge is -2.39. The molecule has 3 heterocycles. The van der Waals surface area contributed by atoms with E-state index in [1.165, 1.54) is 7.11 Å². The molecule has 1 atom stereocenters. The Morgan fingerprint density at radius 2 is 1.78 bits per heavy atom. The van der Waals surface area contributed by atoms with Crippen LogP contribution in [-0.4, -0.2) is 35.8 Å². The molecule has 0 aliphatic carbocycles. The molecule has 4 rings (SSSR count). The van der Waals surface area contributed by atoms with Crippen LogP contribution in [0.4, 0.5) is 0 Å². The number of pyridine rings is 2. The smallest absolute Gasteiger partial charge is 0.228 e. The molecule has 36 heavy (non-hydrogen) atoms. The molecule has 9 heteroatoms. The summed E-state index contributed by atoms with van der Waals surface area (Å²) in [6, 6.07) is 9.07. The Morgan fingerprint density at radius 1 is 1.00 bits per heavy atom. The van der Waals surface area contributed by atoms with Gasteiger partial charge in [-0.1, -0.05) is 20.8 Å². The molecule has 0 saturated heterocycles. The van der Waals surface area contributed by atoms with E-state index in [9.17, 15) is 4.79 Å². The molecule has 1 aromatic carbocycles. The van der Waals surface area contributed by atoms with Gasteiger partial charge in [-0.2, -0.15) is 10.2 Å². The van der Waals surface area contributed by atoms with Gasteiger partial charge in [0.05, 0.1) is 43.7 Å². The summed E-state index contributed by atoms with van der Waals surface area (Å²) >= 11 is 0. The largest absolute Gasteiger partial charge is 0.497 e. The van der Waals surface area contributed by atoms with Gasteiger partial charge in [-0.05, 0) is 43.7 Å². The molecule has 1 unspecified atom stereocenters. The maximum Gasteiger partial charge on any atom is 0.228 e. The summed E-state index contributed by atoms with van der Waals surface area (Å²) in [5, 5.41) is 12.6. The number of nitrogens with one attached hydrogen (secondary N) is 1. The molecule has 1 amide bonds. The molecule has 2 aromatic heterocycles. The van der Waals surface area contributed by atoms with Crippen LogP contribution in [0.5, 0.6) is 23.0 Å². The number of nitrogens with zero attached hydrogens (tertiary/aromatic N) is 4. The van der Waals surface area contributed by atoms with Crippen molar-refractivity contribution < 1.29 is 19.0 Å². The normalized spacial score (nSPS) is 17.4. The molecule has 1 N–H and O–H groups in total. The molecule has 0 spiro atoms. The van der Waals surface area contributed by atoms with Crippen molar-refractivity contribution in [3.63, 3.8) is 0 Å². The van der Waals surface area contributed by atoms with Crippen molar-refractivity contribution in [1.82, 2.24) is 15.3 Å². The number of benzene rings is 1. The van der Waals surface area contributed by atoms with E-state index in [1.54, 1.807) is 31.6 Å².